The Morgan fingerprint density at radius 2 is 1.63 bits per heavy atom. The van der Waals surface area contributed by atoms with Crippen LogP contribution in [0.2, 0.25) is 0 Å². The average Bonchev–Trinajstić information content (AvgIpc) is 3.46. The summed E-state index contributed by atoms with van der Waals surface area (Å²) in [5.74, 6) is 6.92. The lowest BCUT2D eigenvalue weighted by Gasteiger charge is -2.57. The first-order valence-corrected chi connectivity index (χ1v) is 14.3. The van der Waals surface area contributed by atoms with Crippen LogP contribution in [0.15, 0.2) is 18.3 Å². The molecule has 1 unspecified atom stereocenters. The molecule has 2 aromatic rings. The summed E-state index contributed by atoms with van der Waals surface area (Å²) in [4.78, 5) is 2.91. The van der Waals surface area contributed by atoms with Gasteiger partial charge >= 0.3 is 0 Å². The van der Waals surface area contributed by atoms with Crippen molar-refractivity contribution < 1.29 is 0 Å². The standard InChI is InChI=1S/C29H42N6/c1-19-15-31-34(2)28(19)26-3-4-27(33-32-26)30-6-5-20-10-24-16-35(17-25(24)11-20)18-29-12-21-7-22(13-29)9-23(8-21)14-29/h3-4,15,20-25H,5-14,16-18H2,1-2H3,(H,30,33)/t20?,21?,22?,23?,24-,25+,29?. The Balaban J connectivity index is 0.875. The summed E-state index contributed by atoms with van der Waals surface area (Å²) < 4.78 is 1.87. The van der Waals surface area contributed by atoms with Crippen LogP contribution in [0.3, 0.4) is 0 Å². The van der Waals surface area contributed by atoms with Gasteiger partial charge in [-0.25, -0.2) is 0 Å². The number of nitrogens with one attached hydrogen (secondary N) is 1. The van der Waals surface area contributed by atoms with Gasteiger partial charge in [0.15, 0.2) is 0 Å². The van der Waals surface area contributed by atoms with Crippen LogP contribution in [-0.2, 0) is 7.05 Å². The Morgan fingerprint density at radius 3 is 2.20 bits per heavy atom. The molecule has 188 valence electrons. The number of aryl methyl sites for hydroxylation is 2. The molecule has 3 atom stereocenters. The highest BCUT2D eigenvalue weighted by molar-refractivity contribution is 5.59. The SMILES string of the molecule is Cc1cnn(C)c1-c1ccc(NCCC2C[C@@H]3CN(CC45CC6CC(CC(C6)C4)C5)C[C@@H]3C2)nn1. The van der Waals surface area contributed by atoms with E-state index >= 15 is 0 Å². The third-order valence-corrected chi connectivity index (χ3v) is 10.5. The lowest BCUT2D eigenvalue weighted by atomic mass is 9.49. The molecule has 8 rings (SSSR count). The normalized spacial score (nSPS) is 37.8. The van der Waals surface area contributed by atoms with Crippen molar-refractivity contribution in [2.75, 3.05) is 31.5 Å². The van der Waals surface area contributed by atoms with E-state index in [1.165, 1.54) is 38.9 Å². The van der Waals surface area contributed by atoms with E-state index in [4.69, 9.17) is 0 Å². The minimum atomic E-state index is 0.711. The van der Waals surface area contributed by atoms with Gasteiger partial charge in [-0.05, 0) is 123 Å². The van der Waals surface area contributed by atoms with Crippen molar-refractivity contribution in [3.8, 4) is 11.4 Å². The van der Waals surface area contributed by atoms with E-state index < -0.39 is 0 Å². The summed E-state index contributed by atoms with van der Waals surface area (Å²) in [6.45, 7) is 7.27. The Kier molecular flexibility index (Phi) is 5.45. The van der Waals surface area contributed by atoms with E-state index in [1.54, 1.807) is 38.5 Å². The molecule has 35 heavy (non-hydrogen) atoms. The quantitative estimate of drug-likeness (QED) is 0.600. The molecule has 6 fully saturated rings. The number of nitrogens with zero attached hydrogens (tertiary/aromatic N) is 5. The summed E-state index contributed by atoms with van der Waals surface area (Å²) in [6.07, 6.45) is 15.4. The van der Waals surface area contributed by atoms with Crippen LogP contribution >= 0.6 is 0 Å². The third kappa shape index (κ3) is 4.20. The van der Waals surface area contributed by atoms with Crippen LogP contribution in [-0.4, -0.2) is 51.1 Å². The fourth-order valence-corrected chi connectivity index (χ4v) is 9.72. The van der Waals surface area contributed by atoms with Gasteiger partial charge in [-0.1, -0.05) is 0 Å². The minimum absolute atomic E-state index is 0.711. The van der Waals surface area contributed by atoms with E-state index in [-0.39, 0.29) is 0 Å². The number of rotatable bonds is 7. The summed E-state index contributed by atoms with van der Waals surface area (Å²) in [7, 11) is 1.95. The Hall–Kier alpha value is -1.95. The van der Waals surface area contributed by atoms with E-state index in [9.17, 15) is 0 Å². The zero-order valence-corrected chi connectivity index (χ0v) is 21.6. The predicted molar refractivity (Wildman–Crippen MR) is 139 cm³/mol. The van der Waals surface area contributed by atoms with Gasteiger partial charge in [0.1, 0.15) is 11.5 Å². The Bertz CT molecular complexity index is 989. The third-order valence-electron chi connectivity index (χ3n) is 10.5. The molecule has 6 aliphatic rings. The smallest absolute Gasteiger partial charge is 0.148 e. The average molecular weight is 475 g/mol. The zero-order valence-electron chi connectivity index (χ0n) is 21.6. The van der Waals surface area contributed by atoms with E-state index in [1.807, 2.05) is 17.9 Å². The monoisotopic (exact) mass is 474 g/mol. The molecule has 2 aromatic heterocycles. The van der Waals surface area contributed by atoms with Crippen LogP contribution in [0.4, 0.5) is 5.82 Å². The molecule has 6 heteroatoms. The summed E-state index contributed by atoms with van der Waals surface area (Å²) in [5, 5.41) is 16.7. The first-order chi connectivity index (χ1) is 17.0. The molecule has 0 spiro atoms. The van der Waals surface area contributed by atoms with Crippen molar-refractivity contribution in [1.29, 1.82) is 0 Å². The van der Waals surface area contributed by atoms with E-state index in [2.05, 4.69) is 44.6 Å². The van der Waals surface area contributed by atoms with Gasteiger partial charge in [-0.15, -0.1) is 10.2 Å². The van der Waals surface area contributed by atoms with Gasteiger partial charge in [0.2, 0.25) is 0 Å². The zero-order chi connectivity index (χ0) is 23.6. The molecular weight excluding hydrogens is 432 g/mol. The Labute approximate surface area is 210 Å². The molecule has 6 nitrogen and oxygen atoms in total. The van der Waals surface area contributed by atoms with Crippen molar-refractivity contribution in [1.82, 2.24) is 24.9 Å². The molecule has 4 bridgehead atoms. The van der Waals surface area contributed by atoms with Crippen molar-refractivity contribution in [2.24, 2.45) is 48.0 Å². The second-order valence-corrected chi connectivity index (χ2v) is 13.3. The lowest BCUT2D eigenvalue weighted by molar-refractivity contribution is -0.0673. The number of anilines is 1. The van der Waals surface area contributed by atoms with Crippen LogP contribution in [0.25, 0.3) is 11.4 Å². The summed E-state index contributed by atoms with van der Waals surface area (Å²) in [5.41, 5.74) is 3.77. The first kappa shape index (κ1) is 22.3. The molecule has 1 aliphatic heterocycles. The molecule has 5 aliphatic carbocycles. The number of aromatic nitrogens is 4. The highest BCUT2D eigenvalue weighted by Gasteiger charge is 2.52. The highest BCUT2D eigenvalue weighted by atomic mass is 15.3. The topological polar surface area (TPSA) is 58.9 Å². The maximum Gasteiger partial charge on any atom is 0.148 e. The lowest BCUT2D eigenvalue weighted by Crippen LogP contribution is -2.51. The highest BCUT2D eigenvalue weighted by Crippen LogP contribution is 2.60. The van der Waals surface area contributed by atoms with Gasteiger partial charge in [0.05, 0.1) is 11.9 Å². The summed E-state index contributed by atoms with van der Waals surface area (Å²) >= 11 is 0. The number of hydrogen-bond acceptors (Lipinski definition) is 5. The Morgan fingerprint density at radius 1 is 0.943 bits per heavy atom. The predicted octanol–water partition coefficient (Wildman–Crippen LogP) is 5.16. The van der Waals surface area contributed by atoms with Crippen LogP contribution in [0.5, 0.6) is 0 Å². The molecular formula is C29H42N6. The fourth-order valence-electron chi connectivity index (χ4n) is 9.72. The summed E-state index contributed by atoms with van der Waals surface area (Å²) in [6, 6.07) is 4.11. The first-order valence-electron chi connectivity index (χ1n) is 14.3. The van der Waals surface area contributed by atoms with Gasteiger partial charge < -0.3 is 10.2 Å². The van der Waals surface area contributed by atoms with E-state index in [0.29, 0.717) is 5.41 Å². The van der Waals surface area contributed by atoms with Gasteiger partial charge in [0, 0.05) is 33.2 Å². The number of hydrogen-bond donors (Lipinski definition) is 1. The van der Waals surface area contributed by atoms with Crippen molar-refractivity contribution >= 4 is 5.82 Å². The van der Waals surface area contributed by atoms with Crippen molar-refractivity contribution in [3.63, 3.8) is 0 Å². The van der Waals surface area contributed by atoms with Gasteiger partial charge in [-0.3, -0.25) is 4.68 Å². The second-order valence-electron chi connectivity index (χ2n) is 13.3. The second kappa shape index (κ2) is 8.57. The van der Waals surface area contributed by atoms with Crippen LogP contribution in [0, 0.1) is 47.8 Å². The fraction of sp³-hybridized carbons (Fsp3) is 0.759. The molecule has 0 aromatic carbocycles. The maximum absolute atomic E-state index is 4.45. The van der Waals surface area contributed by atoms with Crippen LogP contribution < -0.4 is 5.32 Å². The molecule has 0 radical (unpaired) electrons. The number of likely N-dealkylation sites (tertiary alicyclic amines) is 1. The van der Waals surface area contributed by atoms with Gasteiger partial charge in [0.25, 0.3) is 0 Å². The number of fused-ring (bicyclic) bond motifs is 1. The largest absolute Gasteiger partial charge is 0.369 e. The van der Waals surface area contributed by atoms with Crippen molar-refractivity contribution in [2.45, 2.75) is 64.7 Å². The molecule has 3 heterocycles. The minimum Gasteiger partial charge on any atom is -0.369 e. The molecule has 0 amide bonds. The molecule has 5 saturated carbocycles. The van der Waals surface area contributed by atoms with E-state index in [0.717, 1.165) is 64.8 Å². The molecule has 1 N–H and O–H groups in total. The van der Waals surface area contributed by atoms with Crippen molar-refractivity contribution in [3.05, 3.63) is 23.9 Å². The van der Waals surface area contributed by atoms with Gasteiger partial charge in [-0.2, -0.15) is 5.10 Å². The van der Waals surface area contributed by atoms with Crippen LogP contribution in [0.1, 0.15) is 63.4 Å². The molecule has 1 saturated heterocycles. The maximum atomic E-state index is 4.45.